The van der Waals surface area contributed by atoms with Crippen molar-refractivity contribution >= 4 is 34.8 Å². The second kappa shape index (κ2) is 5.67. The molecule has 0 amide bonds. The standard InChI is InChI=1S/C14H19N3S2/c15-13(18)11-8-9-2-1-3-12(9)17-14(11)16-10-4-6-19-7-5-10/h8,10H,1-7H2,(H2,15,18)(H,16,17). The van der Waals surface area contributed by atoms with Crippen molar-refractivity contribution < 1.29 is 0 Å². The predicted molar refractivity (Wildman–Crippen MR) is 86.1 cm³/mol. The number of anilines is 1. The highest BCUT2D eigenvalue weighted by Gasteiger charge is 2.20. The number of thioether (sulfide) groups is 1. The van der Waals surface area contributed by atoms with E-state index in [9.17, 15) is 0 Å². The molecule has 3 nitrogen and oxygen atoms in total. The second-order valence-corrected chi connectivity index (χ2v) is 6.90. The highest BCUT2D eigenvalue weighted by Crippen LogP contribution is 2.27. The van der Waals surface area contributed by atoms with E-state index in [2.05, 4.69) is 11.4 Å². The summed E-state index contributed by atoms with van der Waals surface area (Å²) in [4.78, 5) is 5.24. The molecule has 2 aliphatic rings. The molecule has 0 bridgehead atoms. The fraction of sp³-hybridized carbons (Fsp3) is 0.571. The summed E-state index contributed by atoms with van der Waals surface area (Å²) in [5.41, 5.74) is 9.34. The van der Waals surface area contributed by atoms with Crippen molar-refractivity contribution in [1.82, 2.24) is 4.98 Å². The van der Waals surface area contributed by atoms with E-state index in [1.807, 2.05) is 11.8 Å². The maximum absolute atomic E-state index is 5.86. The minimum Gasteiger partial charge on any atom is -0.389 e. The molecule has 1 aliphatic carbocycles. The van der Waals surface area contributed by atoms with E-state index in [0.29, 0.717) is 11.0 Å². The molecule has 0 spiro atoms. The summed E-state index contributed by atoms with van der Waals surface area (Å²) in [6.07, 6.45) is 5.78. The number of hydrogen-bond donors (Lipinski definition) is 2. The maximum atomic E-state index is 5.86. The van der Waals surface area contributed by atoms with Gasteiger partial charge in [0, 0.05) is 11.7 Å². The van der Waals surface area contributed by atoms with Gasteiger partial charge in [0.1, 0.15) is 10.8 Å². The zero-order chi connectivity index (χ0) is 13.2. The van der Waals surface area contributed by atoms with Crippen molar-refractivity contribution in [3.8, 4) is 0 Å². The third-order valence-electron chi connectivity index (χ3n) is 3.88. The molecule has 1 aromatic rings. The Bertz CT molecular complexity index is 496. The highest BCUT2D eigenvalue weighted by atomic mass is 32.2. The number of rotatable bonds is 3. The van der Waals surface area contributed by atoms with Crippen LogP contribution in [0.25, 0.3) is 0 Å². The average molecular weight is 293 g/mol. The Hall–Kier alpha value is -0.810. The molecule has 5 heteroatoms. The lowest BCUT2D eigenvalue weighted by atomic mass is 10.1. The molecule has 1 aliphatic heterocycles. The Labute approximate surface area is 123 Å². The van der Waals surface area contributed by atoms with Crippen molar-refractivity contribution in [2.75, 3.05) is 16.8 Å². The van der Waals surface area contributed by atoms with Gasteiger partial charge in [-0.15, -0.1) is 0 Å². The van der Waals surface area contributed by atoms with Gasteiger partial charge in [-0.1, -0.05) is 12.2 Å². The van der Waals surface area contributed by atoms with Crippen LogP contribution in [0.15, 0.2) is 6.07 Å². The monoisotopic (exact) mass is 293 g/mol. The van der Waals surface area contributed by atoms with E-state index in [0.717, 1.165) is 24.2 Å². The first kappa shape index (κ1) is 13.2. The molecule has 0 unspecified atom stereocenters. The van der Waals surface area contributed by atoms with Gasteiger partial charge in [0.2, 0.25) is 0 Å². The lowest BCUT2D eigenvalue weighted by molar-refractivity contribution is 0.663. The minimum atomic E-state index is 0.454. The molecule has 1 fully saturated rings. The first-order chi connectivity index (χ1) is 9.24. The van der Waals surface area contributed by atoms with Crippen molar-refractivity contribution in [3.63, 3.8) is 0 Å². The largest absolute Gasteiger partial charge is 0.389 e. The van der Waals surface area contributed by atoms with Gasteiger partial charge in [-0.2, -0.15) is 11.8 Å². The SMILES string of the molecule is NC(=S)c1cc2c(nc1NC1CCSCC1)CCC2. The predicted octanol–water partition coefficient (Wildman–Crippen LogP) is 2.51. The fourth-order valence-corrected chi connectivity index (χ4v) is 4.07. The summed E-state index contributed by atoms with van der Waals surface area (Å²) >= 11 is 7.21. The number of hydrogen-bond acceptors (Lipinski definition) is 4. The number of thiocarbonyl (C=S) groups is 1. The van der Waals surface area contributed by atoms with Gasteiger partial charge in [0.25, 0.3) is 0 Å². The van der Waals surface area contributed by atoms with E-state index in [1.54, 1.807) is 0 Å². The van der Waals surface area contributed by atoms with Gasteiger partial charge in [0.05, 0.1) is 5.56 Å². The fourth-order valence-electron chi connectivity index (χ4n) is 2.81. The number of nitrogens with one attached hydrogen (secondary N) is 1. The van der Waals surface area contributed by atoms with Crippen LogP contribution in [0, 0.1) is 0 Å². The van der Waals surface area contributed by atoms with Crippen LogP contribution in [0.5, 0.6) is 0 Å². The lowest BCUT2D eigenvalue weighted by Crippen LogP contribution is -2.27. The van der Waals surface area contributed by atoms with Crippen molar-refractivity contribution in [3.05, 3.63) is 22.9 Å². The molecular weight excluding hydrogens is 274 g/mol. The second-order valence-electron chi connectivity index (χ2n) is 5.24. The normalized spacial score (nSPS) is 19.2. The van der Waals surface area contributed by atoms with E-state index in [-0.39, 0.29) is 0 Å². The van der Waals surface area contributed by atoms with E-state index in [1.165, 1.54) is 42.0 Å². The van der Waals surface area contributed by atoms with Gasteiger partial charge >= 0.3 is 0 Å². The third kappa shape index (κ3) is 2.87. The zero-order valence-electron chi connectivity index (χ0n) is 10.9. The van der Waals surface area contributed by atoms with Crippen LogP contribution >= 0.6 is 24.0 Å². The molecule has 3 rings (SSSR count). The summed E-state index contributed by atoms with van der Waals surface area (Å²) in [5, 5.41) is 3.57. The smallest absolute Gasteiger partial charge is 0.136 e. The van der Waals surface area contributed by atoms with Crippen molar-refractivity contribution in [1.29, 1.82) is 0 Å². The van der Waals surface area contributed by atoms with Crippen LogP contribution < -0.4 is 11.1 Å². The van der Waals surface area contributed by atoms with E-state index < -0.39 is 0 Å². The van der Waals surface area contributed by atoms with Gasteiger partial charge in [-0.25, -0.2) is 4.98 Å². The topological polar surface area (TPSA) is 50.9 Å². The van der Waals surface area contributed by atoms with Crippen LogP contribution in [0.4, 0.5) is 5.82 Å². The Balaban J connectivity index is 1.87. The summed E-state index contributed by atoms with van der Waals surface area (Å²) < 4.78 is 0. The molecular formula is C14H19N3S2. The first-order valence-electron chi connectivity index (χ1n) is 6.91. The van der Waals surface area contributed by atoms with Gasteiger partial charge in [0.15, 0.2) is 0 Å². The zero-order valence-corrected chi connectivity index (χ0v) is 12.6. The third-order valence-corrected chi connectivity index (χ3v) is 5.15. The van der Waals surface area contributed by atoms with Crippen LogP contribution in [0.3, 0.4) is 0 Å². The van der Waals surface area contributed by atoms with Crippen LogP contribution in [-0.4, -0.2) is 27.5 Å². The Morgan fingerprint density at radius 3 is 2.89 bits per heavy atom. The van der Waals surface area contributed by atoms with Gasteiger partial charge in [-0.05, 0) is 55.2 Å². The Morgan fingerprint density at radius 1 is 1.37 bits per heavy atom. The van der Waals surface area contributed by atoms with Crippen molar-refractivity contribution in [2.45, 2.75) is 38.1 Å². The Kier molecular flexibility index (Phi) is 3.93. The molecule has 1 aromatic heterocycles. The quantitative estimate of drug-likeness (QED) is 0.839. The number of nitrogens with two attached hydrogens (primary N) is 1. The summed E-state index contributed by atoms with van der Waals surface area (Å²) in [5.74, 6) is 3.36. The van der Waals surface area contributed by atoms with Crippen LogP contribution in [-0.2, 0) is 12.8 Å². The highest BCUT2D eigenvalue weighted by molar-refractivity contribution is 7.99. The number of aromatic nitrogens is 1. The summed E-state index contributed by atoms with van der Waals surface area (Å²) in [6.45, 7) is 0. The first-order valence-corrected chi connectivity index (χ1v) is 8.47. The van der Waals surface area contributed by atoms with Gasteiger partial charge in [-0.3, -0.25) is 0 Å². The maximum Gasteiger partial charge on any atom is 0.136 e. The number of fused-ring (bicyclic) bond motifs is 1. The summed E-state index contributed by atoms with van der Waals surface area (Å²) in [6, 6.07) is 2.67. The van der Waals surface area contributed by atoms with Crippen LogP contribution in [0.2, 0.25) is 0 Å². The molecule has 3 N–H and O–H groups in total. The number of pyridine rings is 1. The number of aryl methyl sites for hydroxylation is 2. The summed E-state index contributed by atoms with van der Waals surface area (Å²) in [7, 11) is 0. The van der Waals surface area contributed by atoms with Crippen LogP contribution in [0.1, 0.15) is 36.1 Å². The molecule has 0 radical (unpaired) electrons. The average Bonchev–Trinajstić information content (AvgIpc) is 2.86. The molecule has 0 aromatic carbocycles. The van der Waals surface area contributed by atoms with Crippen molar-refractivity contribution in [2.24, 2.45) is 5.73 Å². The molecule has 102 valence electrons. The van der Waals surface area contributed by atoms with E-state index >= 15 is 0 Å². The molecule has 0 atom stereocenters. The Morgan fingerprint density at radius 2 is 2.16 bits per heavy atom. The molecule has 0 saturated carbocycles. The molecule has 2 heterocycles. The number of nitrogens with zero attached hydrogens (tertiary/aromatic N) is 1. The van der Waals surface area contributed by atoms with Gasteiger partial charge < -0.3 is 11.1 Å². The minimum absolute atomic E-state index is 0.454. The van der Waals surface area contributed by atoms with E-state index in [4.69, 9.17) is 22.9 Å². The lowest BCUT2D eigenvalue weighted by Gasteiger charge is -2.24. The molecule has 1 saturated heterocycles. The molecule has 19 heavy (non-hydrogen) atoms.